The maximum absolute atomic E-state index is 12.5. The highest BCUT2D eigenvalue weighted by molar-refractivity contribution is 7.84. The first-order valence-electron chi connectivity index (χ1n) is 6.99. The van der Waals surface area contributed by atoms with Crippen molar-refractivity contribution in [3.63, 3.8) is 0 Å². The van der Waals surface area contributed by atoms with E-state index in [9.17, 15) is 4.21 Å². The van der Waals surface area contributed by atoms with Gasteiger partial charge in [-0.25, -0.2) is 4.98 Å². The Bertz CT molecular complexity index is 612. The molecule has 2 aromatic rings. The second-order valence-corrected chi connectivity index (χ2v) is 6.44. The number of aromatic nitrogens is 2. The third-order valence-corrected chi connectivity index (χ3v) is 4.92. The molecule has 1 heterocycles. The number of nitrogens with zero attached hydrogens (tertiary/aromatic N) is 1. The number of nitrogens with one attached hydrogen (secondary N) is 2. The van der Waals surface area contributed by atoms with Crippen LogP contribution in [0.25, 0.3) is 0 Å². The topological polar surface area (TPSA) is 57.8 Å². The number of aromatic amines is 1. The van der Waals surface area contributed by atoms with E-state index < -0.39 is 10.8 Å². The molecule has 0 saturated heterocycles. The van der Waals surface area contributed by atoms with E-state index in [1.54, 1.807) is 0 Å². The maximum Gasteiger partial charge on any atom is 0.197 e. The van der Waals surface area contributed by atoms with Crippen LogP contribution in [-0.2, 0) is 29.4 Å². The molecule has 0 aliphatic heterocycles. The molecule has 0 spiro atoms. The van der Waals surface area contributed by atoms with Gasteiger partial charge in [0.2, 0.25) is 0 Å². The molecule has 4 nitrogen and oxygen atoms in total. The van der Waals surface area contributed by atoms with Crippen molar-refractivity contribution >= 4 is 16.5 Å². The molecule has 1 aromatic heterocycles. The van der Waals surface area contributed by atoms with E-state index in [0.717, 1.165) is 29.8 Å². The lowest BCUT2D eigenvalue weighted by atomic mass is 10.0. The van der Waals surface area contributed by atoms with E-state index in [1.165, 1.54) is 18.5 Å². The van der Waals surface area contributed by atoms with Crippen molar-refractivity contribution in [3.8, 4) is 0 Å². The number of benzene rings is 1. The number of para-hydroxylation sites is 1. The van der Waals surface area contributed by atoms with Crippen LogP contribution in [0.5, 0.6) is 0 Å². The van der Waals surface area contributed by atoms with Crippen molar-refractivity contribution in [3.05, 3.63) is 41.2 Å². The average molecular weight is 289 g/mol. The predicted octanol–water partition coefficient (Wildman–Crippen LogP) is 2.64. The number of aryl methyl sites for hydroxylation is 2. The first kappa shape index (κ1) is 13.4. The van der Waals surface area contributed by atoms with Crippen LogP contribution in [0.1, 0.15) is 29.8 Å². The van der Waals surface area contributed by atoms with E-state index in [4.69, 9.17) is 0 Å². The van der Waals surface area contributed by atoms with Crippen LogP contribution in [-0.4, -0.2) is 21.2 Å². The summed E-state index contributed by atoms with van der Waals surface area (Å²) in [7, 11) is 0.764. The Hall–Kier alpha value is -1.62. The van der Waals surface area contributed by atoms with Crippen LogP contribution in [0.2, 0.25) is 0 Å². The fourth-order valence-corrected chi connectivity index (χ4v) is 3.75. The Morgan fingerprint density at radius 2 is 2.10 bits per heavy atom. The molecule has 20 heavy (non-hydrogen) atoms. The van der Waals surface area contributed by atoms with E-state index in [-0.39, 0.29) is 0 Å². The molecule has 0 fully saturated rings. The van der Waals surface area contributed by atoms with Gasteiger partial charge in [-0.15, -0.1) is 0 Å². The lowest BCUT2D eigenvalue weighted by Crippen LogP contribution is -2.02. The number of anilines is 1. The van der Waals surface area contributed by atoms with E-state index >= 15 is 0 Å². The Kier molecular flexibility index (Phi) is 3.87. The molecule has 1 unspecified atom stereocenters. The third kappa shape index (κ3) is 2.63. The van der Waals surface area contributed by atoms with Crippen molar-refractivity contribution < 1.29 is 4.21 Å². The monoisotopic (exact) mass is 289 g/mol. The van der Waals surface area contributed by atoms with Gasteiger partial charge in [0, 0.05) is 18.4 Å². The van der Waals surface area contributed by atoms with E-state index in [2.05, 4.69) is 15.3 Å². The molecule has 1 atom stereocenters. The van der Waals surface area contributed by atoms with Gasteiger partial charge in [0.15, 0.2) is 5.16 Å². The maximum atomic E-state index is 12.5. The zero-order valence-corrected chi connectivity index (χ0v) is 12.4. The summed E-state index contributed by atoms with van der Waals surface area (Å²) in [4.78, 5) is 7.79. The van der Waals surface area contributed by atoms with Gasteiger partial charge in [-0.3, -0.25) is 4.21 Å². The first-order chi connectivity index (χ1) is 9.78. The highest BCUT2D eigenvalue weighted by Crippen LogP contribution is 2.22. The summed E-state index contributed by atoms with van der Waals surface area (Å²) in [6.45, 7) is 0. The molecular formula is C15H19N3OS. The molecule has 3 rings (SSSR count). The van der Waals surface area contributed by atoms with Crippen LogP contribution < -0.4 is 5.32 Å². The predicted molar refractivity (Wildman–Crippen MR) is 81.3 cm³/mol. The number of imidazole rings is 1. The van der Waals surface area contributed by atoms with Gasteiger partial charge < -0.3 is 10.3 Å². The van der Waals surface area contributed by atoms with Crippen LogP contribution in [0.3, 0.4) is 0 Å². The second-order valence-electron chi connectivity index (χ2n) is 5.07. The van der Waals surface area contributed by atoms with Crippen LogP contribution in [0.15, 0.2) is 29.4 Å². The highest BCUT2D eigenvalue weighted by Gasteiger charge is 2.18. The fourth-order valence-electron chi connectivity index (χ4n) is 2.63. The first-order valence-corrected chi connectivity index (χ1v) is 8.31. The minimum absolute atomic E-state index is 0.489. The summed E-state index contributed by atoms with van der Waals surface area (Å²) in [6, 6.07) is 7.96. The minimum Gasteiger partial charge on any atom is -0.388 e. The minimum atomic E-state index is -1.12. The Morgan fingerprint density at radius 1 is 1.30 bits per heavy atom. The van der Waals surface area contributed by atoms with Crippen molar-refractivity contribution in [1.29, 1.82) is 0 Å². The Labute approximate surface area is 121 Å². The molecule has 1 aliphatic carbocycles. The molecule has 0 saturated carbocycles. The fraction of sp³-hybridized carbons (Fsp3) is 0.400. The number of hydrogen-bond donors (Lipinski definition) is 2. The molecule has 1 aromatic carbocycles. The van der Waals surface area contributed by atoms with Crippen molar-refractivity contribution in [2.75, 3.05) is 12.4 Å². The average Bonchev–Trinajstić information content (AvgIpc) is 2.92. The van der Waals surface area contributed by atoms with Gasteiger partial charge in [0.05, 0.1) is 22.2 Å². The normalized spacial score (nSPS) is 15.7. The zero-order valence-electron chi connectivity index (χ0n) is 11.6. The summed E-state index contributed by atoms with van der Waals surface area (Å²) in [5, 5.41) is 3.76. The molecule has 106 valence electrons. The highest BCUT2D eigenvalue weighted by atomic mass is 32.2. The second kappa shape index (κ2) is 5.79. The third-order valence-electron chi connectivity index (χ3n) is 3.72. The van der Waals surface area contributed by atoms with Gasteiger partial charge in [-0.2, -0.15) is 0 Å². The zero-order chi connectivity index (χ0) is 13.9. The molecule has 0 bridgehead atoms. The lowest BCUT2D eigenvalue weighted by Gasteiger charge is -2.07. The van der Waals surface area contributed by atoms with Crippen molar-refractivity contribution in [1.82, 2.24) is 9.97 Å². The number of hydrogen-bond acceptors (Lipinski definition) is 3. The number of rotatable bonds is 4. The molecule has 0 amide bonds. The van der Waals surface area contributed by atoms with Crippen molar-refractivity contribution in [2.24, 2.45) is 0 Å². The Morgan fingerprint density at radius 3 is 2.90 bits per heavy atom. The van der Waals surface area contributed by atoms with E-state index in [0.29, 0.717) is 10.9 Å². The molecular weight excluding hydrogens is 270 g/mol. The molecule has 5 heteroatoms. The van der Waals surface area contributed by atoms with Gasteiger partial charge in [-0.1, -0.05) is 18.2 Å². The van der Waals surface area contributed by atoms with Gasteiger partial charge in [0.1, 0.15) is 0 Å². The van der Waals surface area contributed by atoms with Gasteiger partial charge in [-0.05, 0) is 37.3 Å². The summed E-state index contributed by atoms with van der Waals surface area (Å²) in [5.74, 6) is 0.489. The van der Waals surface area contributed by atoms with E-state index in [1.807, 2.05) is 31.3 Å². The quantitative estimate of drug-likeness (QED) is 0.909. The number of fused-ring (bicyclic) bond motifs is 1. The smallest absolute Gasteiger partial charge is 0.197 e. The molecule has 1 aliphatic rings. The largest absolute Gasteiger partial charge is 0.388 e. The number of H-pyrrole nitrogens is 1. The SMILES string of the molecule is CNc1ccccc1CS(=O)c1nc2c([nH]1)CCCC2. The standard InChI is InChI=1S/C15H19N3OS/c1-16-12-7-3-2-6-11(12)10-20(19)15-17-13-8-4-5-9-14(13)18-15/h2-3,6-7,16H,4-5,8-10H2,1H3,(H,17,18). The summed E-state index contributed by atoms with van der Waals surface area (Å²) in [5.41, 5.74) is 4.38. The van der Waals surface area contributed by atoms with Gasteiger partial charge >= 0.3 is 0 Å². The van der Waals surface area contributed by atoms with Gasteiger partial charge in [0.25, 0.3) is 0 Å². The summed E-state index contributed by atoms with van der Waals surface area (Å²) in [6.07, 6.45) is 4.43. The molecule has 2 N–H and O–H groups in total. The van der Waals surface area contributed by atoms with Crippen LogP contribution in [0, 0.1) is 0 Å². The van der Waals surface area contributed by atoms with Crippen LogP contribution >= 0.6 is 0 Å². The lowest BCUT2D eigenvalue weighted by molar-refractivity contribution is 0.667. The summed E-state index contributed by atoms with van der Waals surface area (Å²) < 4.78 is 12.5. The van der Waals surface area contributed by atoms with Crippen molar-refractivity contribution in [2.45, 2.75) is 36.6 Å². The summed E-state index contributed by atoms with van der Waals surface area (Å²) >= 11 is 0. The Balaban J connectivity index is 1.81. The van der Waals surface area contributed by atoms with Crippen LogP contribution in [0.4, 0.5) is 5.69 Å². The molecule has 0 radical (unpaired) electrons.